The molecule has 11 heteroatoms. The molecule has 0 aromatic carbocycles. The summed E-state index contributed by atoms with van der Waals surface area (Å²) in [4.78, 5) is 23.0. The summed E-state index contributed by atoms with van der Waals surface area (Å²) in [6.45, 7) is 4.64. The van der Waals surface area contributed by atoms with Gasteiger partial charge in [-0.05, 0) is 12.1 Å². The Kier molecular flexibility index (Phi) is 7.32. The minimum Gasteiger partial charge on any atom is -0.494 e. The van der Waals surface area contributed by atoms with Gasteiger partial charge in [0.05, 0.1) is 38.6 Å². The van der Waals surface area contributed by atoms with E-state index >= 15 is 0 Å². The standard InChI is InChI=1S/C23H25F3N4O4/c1-32-20-12-16(14-28-22(20)19(31)2-4-23(24,25)26)18-15-27-21-13-17(3-5-30(18)21)34-11-8-29-6-9-33-10-7-29/h3,5,12-15H,2,4,6-11H2,1H3. The topological polar surface area (TPSA) is 78.2 Å². The second-order valence-electron chi connectivity index (χ2n) is 7.85. The third-order valence-electron chi connectivity index (χ3n) is 5.53. The van der Waals surface area contributed by atoms with Crippen molar-refractivity contribution in [2.75, 3.05) is 46.6 Å². The molecule has 4 heterocycles. The molecular formula is C23H25F3N4O4. The average molecular weight is 478 g/mol. The number of carbonyl (C=O) groups excluding carboxylic acids is 1. The van der Waals surface area contributed by atoms with Crippen molar-refractivity contribution in [3.8, 4) is 22.8 Å². The predicted octanol–water partition coefficient (Wildman–Crippen LogP) is 3.64. The van der Waals surface area contributed by atoms with Gasteiger partial charge in [-0.3, -0.25) is 14.1 Å². The number of morpholine rings is 1. The summed E-state index contributed by atoms with van der Waals surface area (Å²) in [5.41, 5.74) is 1.83. The highest BCUT2D eigenvalue weighted by Crippen LogP contribution is 2.29. The molecule has 1 fully saturated rings. The second kappa shape index (κ2) is 10.4. The summed E-state index contributed by atoms with van der Waals surface area (Å²) in [7, 11) is 1.34. The highest BCUT2D eigenvalue weighted by molar-refractivity contribution is 5.97. The van der Waals surface area contributed by atoms with Gasteiger partial charge in [0.25, 0.3) is 0 Å². The van der Waals surface area contributed by atoms with Crippen molar-refractivity contribution in [3.05, 3.63) is 42.5 Å². The lowest BCUT2D eigenvalue weighted by Gasteiger charge is -2.26. The van der Waals surface area contributed by atoms with Crippen LogP contribution in [-0.4, -0.2) is 77.8 Å². The summed E-state index contributed by atoms with van der Waals surface area (Å²) in [6, 6.07) is 5.23. The van der Waals surface area contributed by atoms with E-state index in [1.165, 1.54) is 13.3 Å². The van der Waals surface area contributed by atoms with E-state index in [4.69, 9.17) is 14.2 Å². The van der Waals surface area contributed by atoms with Crippen LogP contribution in [0, 0.1) is 0 Å². The van der Waals surface area contributed by atoms with Gasteiger partial charge in [-0.25, -0.2) is 9.97 Å². The Bertz CT molecular complexity index is 1140. The van der Waals surface area contributed by atoms with Crippen LogP contribution < -0.4 is 9.47 Å². The van der Waals surface area contributed by atoms with Gasteiger partial charge in [0, 0.05) is 50.1 Å². The fourth-order valence-electron chi connectivity index (χ4n) is 3.71. The van der Waals surface area contributed by atoms with Crippen LogP contribution in [0.2, 0.25) is 0 Å². The lowest BCUT2D eigenvalue weighted by molar-refractivity contribution is -0.133. The Morgan fingerprint density at radius 3 is 2.71 bits per heavy atom. The van der Waals surface area contributed by atoms with Crippen molar-refractivity contribution in [2.45, 2.75) is 19.0 Å². The van der Waals surface area contributed by atoms with Crippen molar-refractivity contribution >= 4 is 11.4 Å². The molecule has 0 N–H and O–H groups in total. The lowest BCUT2D eigenvalue weighted by Crippen LogP contribution is -2.38. The normalized spacial score (nSPS) is 14.9. The van der Waals surface area contributed by atoms with E-state index in [-0.39, 0.29) is 11.4 Å². The van der Waals surface area contributed by atoms with Gasteiger partial charge in [-0.2, -0.15) is 13.2 Å². The molecule has 0 atom stereocenters. The Balaban J connectivity index is 1.47. The number of methoxy groups -OCH3 is 1. The summed E-state index contributed by atoms with van der Waals surface area (Å²) in [6.07, 6.45) is -1.41. The van der Waals surface area contributed by atoms with Gasteiger partial charge in [-0.15, -0.1) is 0 Å². The largest absolute Gasteiger partial charge is 0.494 e. The number of halogens is 3. The maximum absolute atomic E-state index is 12.5. The number of pyridine rings is 2. The van der Waals surface area contributed by atoms with Crippen LogP contribution in [-0.2, 0) is 4.74 Å². The van der Waals surface area contributed by atoms with Crippen LogP contribution in [0.1, 0.15) is 23.3 Å². The quantitative estimate of drug-likeness (QED) is 0.435. The van der Waals surface area contributed by atoms with Gasteiger partial charge in [0.1, 0.15) is 29.4 Å². The number of alkyl halides is 3. The molecule has 182 valence electrons. The number of rotatable bonds is 9. The van der Waals surface area contributed by atoms with Crippen LogP contribution in [0.5, 0.6) is 11.5 Å². The molecule has 0 amide bonds. The Morgan fingerprint density at radius 1 is 1.18 bits per heavy atom. The first-order chi connectivity index (χ1) is 16.3. The molecule has 1 aliphatic rings. The van der Waals surface area contributed by atoms with Gasteiger partial charge in [0.2, 0.25) is 0 Å². The number of ether oxygens (including phenoxy) is 3. The zero-order valence-electron chi connectivity index (χ0n) is 18.7. The molecule has 4 rings (SSSR count). The summed E-state index contributed by atoms with van der Waals surface area (Å²) < 4.78 is 55.7. The fraction of sp³-hybridized carbons (Fsp3) is 0.435. The SMILES string of the molecule is COc1cc(-c2cnc3cc(OCCN4CCOCC4)ccn23)cnc1C(=O)CCC(F)(F)F. The van der Waals surface area contributed by atoms with Gasteiger partial charge >= 0.3 is 6.18 Å². The maximum atomic E-state index is 12.5. The number of imidazole rings is 1. The van der Waals surface area contributed by atoms with Crippen molar-refractivity contribution in [2.24, 2.45) is 0 Å². The monoisotopic (exact) mass is 478 g/mol. The number of hydrogen-bond acceptors (Lipinski definition) is 7. The molecule has 0 aliphatic carbocycles. The highest BCUT2D eigenvalue weighted by Gasteiger charge is 2.29. The van der Waals surface area contributed by atoms with Crippen LogP contribution in [0.25, 0.3) is 16.9 Å². The van der Waals surface area contributed by atoms with Gasteiger partial charge in [-0.1, -0.05) is 0 Å². The molecule has 1 saturated heterocycles. The molecule has 0 unspecified atom stereocenters. The first-order valence-corrected chi connectivity index (χ1v) is 10.9. The minimum absolute atomic E-state index is 0.114. The van der Waals surface area contributed by atoms with Crippen LogP contribution in [0.15, 0.2) is 36.8 Å². The number of carbonyl (C=O) groups is 1. The van der Waals surface area contributed by atoms with E-state index in [1.807, 2.05) is 22.7 Å². The maximum Gasteiger partial charge on any atom is 0.389 e. The van der Waals surface area contributed by atoms with E-state index in [0.29, 0.717) is 29.3 Å². The molecule has 8 nitrogen and oxygen atoms in total. The molecule has 1 aliphatic heterocycles. The smallest absolute Gasteiger partial charge is 0.389 e. The van der Waals surface area contributed by atoms with Gasteiger partial charge < -0.3 is 14.2 Å². The van der Waals surface area contributed by atoms with E-state index < -0.39 is 24.8 Å². The number of aromatic nitrogens is 3. The van der Waals surface area contributed by atoms with Gasteiger partial charge in [0.15, 0.2) is 5.78 Å². The van der Waals surface area contributed by atoms with E-state index in [1.54, 1.807) is 12.3 Å². The van der Waals surface area contributed by atoms with Crippen molar-refractivity contribution in [3.63, 3.8) is 0 Å². The number of Topliss-reactive ketones (excluding diaryl/α,β-unsaturated/α-hetero) is 1. The second-order valence-corrected chi connectivity index (χ2v) is 7.85. The zero-order valence-corrected chi connectivity index (χ0v) is 18.7. The van der Waals surface area contributed by atoms with Crippen LogP contribution in [0.3, 0.4) is 0 Å². The number of hydrogen-bond donors (Lipinski definition) is 0. The third kappa shape index (κ3) is 5.84. The molecule has 0 saturated carbocycles. The molecule has 0 spiro atoms. The van der Waals surface area contributed by atoms with Crippen molar-refractivity contribution < 1.29 is 32.2 Å². The fourth-order valence-corrected chi connectivity index (χ4v) is 3.71. The molecule has 3 aromatic heterocycles. The Hall–Kier alpha value is -3.18. The number of nitrogens with zero attached hydrogens (tertiary/aromatic N) is 4. The van der Waals surface area contributed by atoms with Crippen molar-refractivity contribution in [1.82, 2.24) is 19.3 Å². The molecule has 3 aromatic rings. The first-order valence-electron chi connectivity index (χ1n) is 10.9. The summed E-state index contributed by atoms with van der Waals surface area (Å²) in [5, 5.41) is 0. The number of ketones is 1. The van der Waals surface area contributed by atoms with E-state index in [2.05, 4.69) is 14.9 Å². The summed E-state index contributed by atoms with van der Waals surface area (Å²) >= 11 is 0. The van der Waals surface area contributed by atoms with E-state index in [9.17, 15) is 18.0 Å². The molecular weight excluding hydrogens is 453 g/mol. The average Bonchev–Trinajstić information content (AvgIpc) is 3.25. The third-order valence-corrected chi connectivity index (χ3v) is 5.53. The minimum atomic E-state index is -4.41. The first kappa shape index (κ1) is 24.0. The highest BCUT2D eigenvalue weighted by atomic mass is 19.4. The predicted molar refractivity (Wildman–Crippen MR) is 117 cm³/mol. The molecule has 34 heavy (non-hydrogen) atoms. The van der Waals surface area contributed by atoms with E-state index in [0.717, 1.165) is 32.8 Å². The van der Waals surface area contributed by atoms with Crippen molar-refractivity contribution in [1.29, 1.82) is 0 Å². The van der Waals surface area contributed by atoms with Crippen LogP contribution >= 0.6 is 0 Å². The Labute approximate surface area is 194 Å². The summed E-state index contributed by atoms with van der Waals surface area (Å²) in [5.74, 6) is 0.0830. The lowest BCUT2D eigenvalue weighted by atomic mass is 10.1. The number of fused-ring (bicyclic) bond motifs is 1. The zero-order chi connectivity index (χ0) is 24.1. The molecule has 0 radical (unpaired) electrons. The van der Waals surface area contributed by atoms with Crippen LogP contribution in [0.4, 0.5) is 13.2 Å². The Morgan fingerprint density at radius 2 is 1.97 bits per heavy atom. The molecule has 0 bridgehead atoms.